The van der Waals surface area contributed by atoms with Crippen molar-refractivity contribution in [3.8, 4) is 0 Å². The molecule has 0 aromatic heterocycles. The third kappa shape index (κ3) is 65.8. The molecule has 0 heteroatoms. The van der Waals surface area contributed by atoms with Gasteiger partial charge in [0.25, 0.3) is 0 Å². The maximum absolute atomic E-state index is 3.56. The molecule has 0 spiro atoms. The van der Waals surface area contributed by atoms with Gasteiger partial charge in [0.05, 0.1) is 0 Å². The molecule has 0 rings (SSSR count). The van der Waals surface area contributed by atoms with Gasteiger partial charge < -0.3 is 0 Å². The average Bonchev–Trinajstić information content (AvgIpc) is 2.33. The van der Waals surface area contributed by atoms with Gasteiger partial charge in [-0.05, 0) is 27.7 Å². The summed E-state index contributed by atoms with van der Waals surface area (Å²) in [6.07, 6.45) is 7.85. The van der Waals surface area contributed by atoms with Crippen LogP contribution in [0.5, 0.6) is 0 Å². The lowest BCUT2D eigenvalue weighted by Gasteiger charge is -1.78. The lowest BCUT2D eigenvalue weighted by Crippen LogP contribution is -1.57. The SMILES string of the molecule is C/C=C\C.C=C/C(C)=C\C.CC.CC. The summed E-state index contributed by atoms with van der Waals surface area (Å²) in [4.78, 5) is 0. The molecule has 0 aliphatic carbocycles. The van der Waals surface area contributed by atoms with E-state index < -0.39 is 0 Å². The van der Waals surface area contributed by atoms with Crippen molar-refractivity contribution in [3.63, 3.8) is 0 Å². The van der Waals surface area contributed by atoms with Crippen molar-refractivity contribution in [1.82, 2.24) is 0 Å². The first kappa shape index (κ1) is 23.2. The molecule has 14 heavy (non-hydrogen) atoms. The minimum absolute atomic E-state index is 1.23. The second-order valence-electron chi connectivity index (χ2n) is 1.90. The van der Waals surface area contributed by atoms with Gasteiger partial charge in [-0.3, -0.25) is 0 Å². The summed E-state index contributed by atoms with van der Waals surface area (Å²) in [7, 11) is 0. The molecule has 0 aromatic carbocycles. The molecule has 0 saturated heterocycles. The van der Waals surface area contributed by atoms with Crippen LogP contribution in [0.15, 0.2) is 36.5 Å². The topological polar surface area (TPSA) is 0 Å². The van der Waals surface area contributed by atoms with Crippen molar-refractivity contribution in [3.05, 3.63) is 36.5 Å². The van der Waals surface area contributed by atoms with Crippen LogP contribution in [0.25, 0.3) is 0 Å². The fourth-order valence-corrected chi connectivity index (χ4v) is 0.118. The Bertz CT molecular complexity index is 112. The number of allylic oxidation sites excluding steroid dienone is 5. The molecular formula is C14H30. The van der Waals surface area contributed by atoms with Gasteiger partial charge in [0, 0.05) is 0 Å². The highest BCUT2D eigenvalue weighted by Gasteiger charge is 1.66. The first-order valence-corrected chi connectivity index (χ1v) is 5.55. The van der Waals surface area contributed by atoms with Crippen molar-refractivity contribution in [1.29, 1.82) is 0 Å². The highest BCUT2D eigenvalue weighted by molar-refractivity contribution is 5.10. The Morgan fingerprint density at radius 3 is 1.14 bits per heavy atom. The van der Waals surface area contributed by atoms with E-state index in [0.29, 0.717) is 0 Å². The van der Waals surface area contributed by atoms with Crippen molar-refractivity contribution < 1.29 is 0 Å². The summed E-state index contributed by atoms with van der Waals surface area (Å²) >= 11 is 0. The van der Waals surface area contributed by atoms with E-state index in [1.807, 2.05) is 79.7 Å². The summed E-state index contributed by atoms with van der Waals surface area (Å²) in [5.41, 5.74) is 1.23. The first-order chi connectivity index (χ1) is 6.72. The lowest BCUT2D eigenvalue weighted by molar-refractivity contribution is 1.49. The van der Waals surface area contributed by atoms with E-state index in [0.717, 1.165) is 0 Å². The fraction of sp³-hybridized carbons (Fsp3) is 0.571. The van der Waals surface area contributed by atoms with Crippen molar-refractivity contribution >= 4 is 0 Å². The molecule has 0 bridgehead atoms. The van der Waals surface area contributed by atoms with Gasteiger partial charge in [-0.25, -0.2) is 0 Å². The van der Waals surface area contributed by atoms with Gasteiger partial charge >= 0.3 is 0 Å². The van der Waals surface area contributed by atoms with Gasteiger partial charge in [-0.1, -0.05) is 64.2 Å². The van der Waals surface area contributed by atoms with E-state index in [1.54, 1.807) is 0 Å². The third-order valence-electron chi connectivity index (χ3n) is 1.11. The molecule has 0 atom stereocenters. The summed E-state index contributed by atoms with van der Waals surface area (Å²) in [6, 6.07) is 0. The van der Waals surface area contributed by atoms with Gasteiger partial charge in [0.1, 0.15) is 0 Å². The highest BCUT2D eigenvalue weighted by atomic mass is 13.7. The second-order valence-corrected chi connectivity index (χ2v) is 1.90. The molecule has 0 amide bonds. The second kappa shape index (κ2) is 39.8. The maximum atomic E-state index is 3.56. The minimum atomic E-state index is 1.23. The van der Waals surface area contributed by atoms with E-state index in [-0.39, 0.29) is 0 Å². The van der Waals surface area contributed by atoms with Crippen LogP contribution in [0.2, 0.25) is 0 Å². The Labute approximate surface area is 92.4 Å². The van der Waals surface area contributed by atoms with Crippen LogP contribution >= 0.6 is 0 Å². The van der Waals surface area contributed by atoms with Gasteiger partial charge in [-0.15, -0.1) is 0 Å². The Balaban J connectivity index is -0.0000000546. The minimum Gasteiger partial charge on any atom is -0.0988 e. The van der Waals surface area contributed by atoms with Gasteiger partial charge in [0.2, 0.25) is 0 Å². The standard InChI is InChI=1S/C6H10.C4H8.2C2H6/c1-4-6(3)5-2;1-3-4-2;2*1-2/h4-5H,1H2,2-3H3;3-4H,1-2H3;2*1-2H3/b6-5-;4-3-;;. The zero-order valence-corrected chi connectivity index (χ0v) is 11.5. The Morgan fingerprint density at radius 2 is 1.14 bits per heavy atom. The monoisotopic (exact) mass is 198 g/mol. The summed E-state index contributed by atoms with van der Waals surface area (Å²) in [5.74, 6) is 0. The maximum Gasteiger partial charge on any atom is -0.0401 e. The Kier molecular flexibility index (Phi) is 66.0. The van der Waals surface area contributed by atoms with E-state index in [1.165, 1.54) is 5.57 Å². The molecule has 0 saturated carbocycles. The Hall–Kier alpha value is -0.780. The van der Waals surface area contributed by atoms with Gasteiger partial charge in [0.15, 0.2) is 0 Å². The molecule has 86 valence electrons. The van der Waals surface area contributed by atoms with Crippen molar-refractivity contribution in [2.45, 2.75) is 55.4 Å². The number of rotatable bonds is 1. The third-order valence-corrected chi connectivity index (χ3v) is 1.11. The molecule has 0 N–H and O–H groups in total. The lowest BCUT2D eigenvalue weighted by atomic mass is 10.3. The summed E-state index contributed by atoms with van der Waals surface area (Å²) < 4.78 is 0. The zero-order chi connectivity index (χ0) is 12.4. The van der Waals surface area contributed by atoms with Crippen LogP contribution in [-0.4, -0.2) is 0 Å². The predicted molar refractivity (Wildman–Crippen MR) is 72.8 cm³/mol. The molecule has 0 aliphatic heterocycles. The highest BCUT2D eigenvalue weighted by Crippen LogP contribution is 1.88. The molecule has 0 radical (unpaired) electrons. The average molecular weight is 198 g/mol. The van der Waals surface area contributed by atoms with E-state index in [2.05, 4.69) is 6.58 Å². The fourth-order valence-electron chi connectivity index (χ4n) is 0.118. The molecular weight excluding hydrogens is 168 g/mol. The number of hydrogen-bond donors (Lipinski definition) is 0. The van der Waals surface area contributed by atoms with Crippen LogP contribution in [-0.2, 0) is 0 Å². The quantitative estimate of drug-likeness (QED) is 0.370. The van der Waals surface area contributed by atoms with E-state index in [4.69, 9.17) is 0 Å². The molecule has 0 unspecified atom stereocenters. The smallest absolute Gasteiger partial charge is 0.0401 e. The zero-order valence-electron chi connectivity index (χ0n) is 11.5. The first-order valence-electron chi connectivity index (χ1n) is 5.55. The predicted octanol–water partition coefficient (Wildman–Crippen LogP) is 5.77. The molecule has 0 aliphatic rings. The molecule has 0 heterocycles. The molecule has 0 nitrogen and oxygen atoms in total. The van der Waals surface area contributed by atoms with Crippen LogP contribution in [0.4, 0.5) is 0 Å². The van der Waals surface area contributed by atoms with Crippen LogP contribution in [0.1, 0.15) is 55.4 Å². The van der Waals surface area contributed by atoms with Crippen LogP contribution < -0.4 is 0 Å². The van der Waals surface area contributed by atoms with Crippen molar-refractivity contribution in [2.24, 2.45) is 0 Å². The van der Waals surface area contributed by atoms with Crippen LogP contribution in [0, 0.1) is 0 Å². The van der Waals surface area contributed by atoms with Crippen LogP contribution in [0.3, 0.4) is 0 Å². The number of hydrogen-bond acceptors (Lipinski definition) is 0. The summed E-state index contributed by atoms with van der Waals surface area (Å²) in [5, 5.41) is 0. The molecule has 0 fully saturated rings. The normalized spacial score (nSPS) is 8.43. The van der Waals surface area contributed by atoms with E-state index >= 15 is 0 Å². The van der Waals surface area contributed by atoms with Crippen molar-refractivity contribution in [2.75, 3.05) is 0 Å². The summed E-state index contributed by atoms with van der Waals surface area (Å²) in [6.45, 7) is 19.6. The van der Waals surface area contributed by atoms with Gasteiger partial charge in [-0.2, -0.15) is 0 Å². The largest absolute Gasteiger partial charge is 0.0988 e. The Morgan fingerprint density at radius 1 is 0.857 bits per heavy atom. The van der Waals surface area contributed by atoms with E-state index in [9.17, 15) is 0 Å². The molecule has 0 aromatic rings.